The van der Waals surface area contributed by atoms with E-state index in [9.17, 15) is 0 Å². The largest absolute Gasteiger partial charge is 0.496 e. The number of tetrazole rings is 1. The number of hydrogen-bond donors (Lipinski definition) is 0. The molecular weight excluding hydrogens is 504 g/mol. The lowest BCUT2D eigenvalue weighted by Crippen LogP contribution is -2.48. The van der Waals surface area contributed by atoms with Gasteiger partial charge in [-0.3, -0.25) is 9.80 Å². The van der Waals surface area contributed by atoms with Gasteiger partial charge in [-0.2, -0.15) is 0 Å². The topological polar surface area (TPSA) is 77.8 Å². The van der Waals surface area contributed by atoms with Gasteiger partial charge < -0.3 is 14.2 Å². The SMILES string of the molecule is COc1ccccc1C(c1nnnn1Cc1ccccc1)N1CCN(Cc2ccc3c(c2)OCO3)CC1.Cl. The molecule has 3 heterocycles. The van der Waals surface area contributed by atoms with Crippen molar-refractivity contribution in [2.45, 2.75) is 19.1 Å². The van der Waals surface area contributed by atoms with Gasteiger partial charge in [-0.15, -0.1) is 17.5 Å². The van der Waals surface area contributed by atoms with Crippen molar-refractivity contribution in [1.82, 2.24) is 30.0 Å². The van der Waals surface area contributed by atoms with Gasteiger partial charge in [-0.1, -0.05) is 54.6 Å². The maximum Gasteiger partial charge on any atom is 0.231 e. The predicted molar refractivity (Wildman–Crippen MR) is 145 cm³/mol. The van der Waals surface area contributed by atoms with Gasteiger partial charge in [0, 0.05) is 38.3 Å². The van der Waals surface area contributed by atoms with Crippen LogP contribution in [0.1, 0.15) is 28.6 Å². The average molecular weight is 535 g/mol. The van der Waals surface area contributed by atoms with Crippen LogP contribution in [0.4, 0.5) is 0 Å². The van der Waals surface area contributed by atoms with Crippen molar-refractivity contribution >= 4 is 12.4 Å². The molecule has 198 valence electrons. The van der Waals surface area contributed by atoms with E-state index in [2.05, 4.69) is 55.7 Å². The van der Waals surface area contributed by atoms with E-state index in [1.165, 1.54) is 5.56 Å². The van der Waals surface area contributed by atoms with E-state index in [1.807, 2.05) is 47.1 Å². The molecule has 2 aliphatic rings. The van der Waals surface area contributed by atoms with Crippen molar-refractivity contribution in [3.8, 4) is 17.2 Å². The number of rotatable bonds is 8. The van der Waals surface area contributed by atoms with Gasteiger partial charge in [0.25, 0.3) is 0 Å². The standard InChI is InChI=1S/C28H30N6O3.ClH/c1-35-24-10-6-5-9-23(24)27(28-29-30-31-34(28)19-21-7-3-2-4-8-21)33-15-13-32(14-16-33)18-22-11-12-25-26(17-22)37-20-36-25;/h2-12,17,27H,13-16,18-20H2,1H3;1H. The Morgan fingerprint density at radius 2 is 1.61 bits per heavy atom. The summed E-state index contributed by atoms with van der Waals surface area (Å²) in [5.74, 6) is 3.31. The molecule has 1 unspecified atom stereocenters. The smallest absolute Gasteiger partial charge is 0.231 e. The highest BCUT2D eigenvalue weighted by atomic mass is 35.5. The number of nitrogens with zero attached hydrogens (tertiary/aromatic N) is 6. The number of benzene rings is 3. The normalized spacial score (nSPS) is 16.1. The van der Waals surface area contributed by atoms with Crippen LogP contribution in [0.3, 0.4) is 0 Å². The lowest BCUT2D eigenvalue weighted by atomic mass is 10.0. The summed E-state index contributed by atoms with van der Waals surface area (Å²) in [5.41, 5.74) is 3.45. The van der Waals surface area contributed by atoms with Crippen LogP contribution in [0.25, 0.3) is 0 Å². The number of piperazine rings is 1. The van der Waals surface area contributed by atoms with Crippen molar-refractivity contribution in [3.05, 3.63) is 95.3 Å². The molecule has 10 heteroatoms. The zero-order valence-corrected chi connectivity index (χ0v) is 22.1. The van der Waals surface area contributed by atoms with E-state index in [4.69, 9.17) is 14.2 Å². The Balaban J connectivity index is 0.00000294. The Labute approximate surface area is 228 Å². The Bertz CT molecular complexity index is 1340. The molecule has 4 aromatic rings. The first-order valence-electron chi connectivity index (χ1n) is 12.6. The summed E-state index contributed by atoms with van der Waals surface area (Å²) in [5, 5.41) is 13.0. The Kier molecular flexibility index (Phi) is 8.07. The molecule has 9 nitrogen and oxygen atoms in total. The Morgan fingerprint density at radius 1 is 0.842 bits per heavy atom. The number of ether oxygens (including phenoxy) is 3. The third-order valence-electron chi connectivity index (χ3n) is 7.03. The lowest BCUT2D eigenvalue weighted by Gasteiger charge is -2.39. The monoisotopic (exact) mass is 534 g/mol. The van der Waals surface area contributed by atoms with E-state index < -0.39 is 0 Å². The number of para-hydroxylation sites is 1. The van der Waals surface area contributed by atoms with E-state index in [1.54, 1.807) is 7.11 Å². The molecule has 2 aliphatic heterocycles. The molecule has 0 bridgehead atoms. The maximum atomic E-state index is 5.77. The summed E-state index contributed by atoms with van der Waals surface area (Å²) in [6.07, 6.45) is 0. The first kappa shape index (κ1) is 26.0. The first-order valence-corrected chi connectivity index (χ1v) is 12.6. The molecule has 1 fully saturated rings. The van der Waals surface area contributed by atoms with Crippen molar-refractivity contribution < 1.29 is 14.2 Å². The van der Waals surface area contributed by atoms with Gasteiger partial charge in [0.2, 0.25) is 6.79 Å². The van der Waals surface area contributed by atoms with Crippen LogP contribution in [-0.2, 0) is 13.1 Å². The van der Waals surface area contributed by atoms with Gasteiger partial charge in [0.05, 0.1) is 13.7 Å². The van der Waals surface area contributed by atoms with E-state index in [0.29, 0.717) is 13.3 Å². The highest BCUT2D eigenvalue weighted by Crippen LogP contribution is 2.35. The van der Waals surface area contributed by atoms with Gasteiger partial charge in [-0.25, -0.2) is 4.68 Å². The van der Waals surface area contributed by atoms with Crippen LogP contribution in [0.2, 0.25) is 0 Å². The summed E-state index contributed by atoms with van der Waals surface area (Å²) in [7, 11) is 1.71. The Morgan fingerprint density at radius 3 is 2.42 bits per heavy atom. The zero-order valence-electron chi connectivity index (χ0n) is 21.3. The van der Waals surface area contributed by atoms with Crippen LogP contribution < -0.4 is 14.2 Å². The fraction of sp³-hybridized carbons (Fsp3) is 0.321. The summed E-state index contributed by atoms with van der Waals surface area (Å²) < 4.78 is 18.7. The summed E-state index contributed by atoms with van der Waals surface area (Å²) >= 11 is 0. The van der Waals surface area contributed by atoms with E-state index in [0.717, 1.165) is 66.9 Å². The summed E-state index contributed by atoms with van der Waals surface area (Å²) in [4.78, 5) is 4.93. The molecule has 1 saturated heterocycles. The minimum Gasteiger partial charge on any atom is -0.496 e. The third kappa shape index (κ3) is 5.45. The second kappa shape index (κ2) is 11.8. The fourth-order valence-corrected chi connectivity index (χ4v) is 5.14. The molecule has 1 aromatic heterocycles. The fourth-order valence-electron chi connectivity index (χ4n) is 5.14. The predicted octanol–water partition coefficient (Wildman–Crippen LogP) is 3.79. The van der Waals surface area contributed by atoms with Crippen molar-refractivity contribution in [1.29, 1.82) is 0 Å². The van der Waals surface area contributed by atoms with Crippen LogP contribution in [0, 0.1) is 0 Å². The molecule has 6 rings (SSSR count). The minimum atomic E-state index is -0.123. The van der Waals surface area contributed by atoms with Gasteiger partial charge in [0.15, 0.2) is 17.3 Å². The number of fused-ring (bicyclic) bond motifs is 1. The lowest BCUT2D eigenvalue weighted by molar-refractivity contribution is 0.0992. The average Bonchev–Trinajstić information content (AvgIpc) is 3.60. The number of aromatic nitrogens is 4. The zero-order chi connectivity index (χ0) is 25.0. The van der Waals surface area contributed by atoms with Crippen molar-refractivity contribution in [2.24, 2.45) is 0 Å². The third-order valence-corrected chi connectivity index (χ3v) is 7.03. The molecule has 38 heavy (non-hydrogen) atoms. The molecule has 0 radical (unpaired) electrons. The van der Waals surface area contributed by atoms with Gasteiger partial charge in [-0.05, 0) is 39.8 Å². The molecule has 0 amide bonds. The molecule has 3 aromatic carbocycles. The molecule has 0 saturated carbocycles. The number of methoxy groups -OCH3 is 1. The molecular formula is C28H31ClN6O3. The maximum absolute atomic E-state index is 5.77. The van der Waals surface area contributed by atoms with Crippen LogP contribution in [0.15, 0.2) is 72.8 Å². The van der Waals surface area contributed by atoms with Crippen LogP contribution in [-0.4, -0.2) is 70.1 Å². The minimum absolute atomic E-state index is 0. The quantitative estimate of drug-likeness (QED) is 0.338. The first-order chi connectivity index (χ1) is 18.3. The molecule has 0 spiro atoms. The van der Waals surface area contributed by atoms with Crippen molar-refractivity contribution in [3.63, 3.8) is 0 Å². The Hall–Kier alpha value is -3.66. The number of hydrogen-bond acceptors (Lipinski definition) is 8. The molecule has 0 aliphatic carbocycles. The van der Waals surface area contributed by atoms with Gasteiger partial charge in [0.1, 0.15) is 11.8 Å². The molecule has 1 atom stereocenters. The van der Waals surface area contributed by atoms with E-state index in [-0.39, 0.29) is 18.4 Å². The van der Waals surface area contributed by atoms with Crippen LogP contribution >= 0.6 is 12.4 Å². The summed E-state index contributed by atoms with van der Waals surface area (Å²) in [6.45, 7) is 5.40. The second-order valence-electron chi connectivity index (χ2n) is 9.32. The highest BCUT2D eigenvalue weighted by molar-refractivity contribution is 5.85. The number of halogens is 1. The van der Waals surface area contributed by atoms with E-state index >= 15 is 0 Å². The second-order valence-corrected chi connectivity index (χ2v) is 9.32. The summed E-state index contributed by atoms with van der Waals surface area (Å²) in [6, 6.07) is 24.5. The van der Waals surface area contributed by atoms with Crippen LogP contribution in [0.5, 0.6) is 17.2 Å². The van der Waals surface area contributed by atoms with Gasteiger partial charge >= 0.3 is 0 Å². The highest BCUT2D eigenvalue weighted by Gasteiger charge is 2.32. The molecule has 0 N–H and O–H groups in total. The van der Waals surface area contributed by atoms with Crippen molar-refractivity contribution in [2.75, 3.05) is 40.1 Å².